The third-order valence-corrected chi connectivity index (χ3v) is 3.72. The van der Waals surface area contributed by atoms with E-state index in [0.717, 1.165) is 25.9 Å². The van der Waals surface area contributed by atoms with E-state index in [9.17, 15) is 0 Å². The fourth-order valence-corrected chi connectivity index (χ4v) is 2.60. The second kappa shape index (κ2) is 5.27. The summed E-state index contributed by atoms with van der Waals surface area (Å²) in [5.41, 5.74) is 8.87. The number of anilines is 1. The highest BCUT2D eigenvalue weighted by Crippen LogP contribution is 2.32. The molecule has 1 aliphatic heterocycles. The summed E-state index contributed by atoms with van der Waals surface area (Å²) in [5, 5.41) is 0. The van der Waals surface area contributed by atoms with Crippen molar-refractivity contribution in [2.75, 3.05) is 18.0 Å². The predicted molar refractivity (Wildman–Crippen MR) is 77.0 cm³/mol. The molecular weight excluding hydrogens is 222 g/mol. The van der Waals surface area contributed by atoms with E-state index in [2.05, 4.69) is 36.7 Å². The van der Waals surface area contributed by atoms with Gasteiger partial charge in [0.2, 0.25) is 0 Å². The van der Waals surface area contributed by atoms with Crippen LogP contribution >= 0.6 is 0 Å². The molecule has 0 aliphatic carbocycles. The van der Waals surface area contributed by atoms with Crippen molar-refractivity contribution in [2.45, 2.75) is 51.5 Å². The van der Waals surface area contributed by atoms with E-state index in [-0.39, 0.29) is 5.41 Å². The van der Waals surface area contributed by atoms with Crippen LogP contribution in [0.4, 0.5) is 5.69 Å². The van der Waals surface area contributed by atoms with Crippen molar-refractivity contribution in [3.8, 4) is 0 Å². The Hall–Kier alpha value is -1.09. The summed E-state index contributed by atoms with van der Waals surface area (Å²) in [6.07, 6.45) is 7.33. The molecule has 0 aromatic carbocycles. The van der Waals surface area contributed by atoms with Crippen molar-refractivity contribution < 1.29 is 0 Å². The maximum atomic E-state index is 6.06. The molecule has 1 aromatic rings. The summed E-state index contributed by atoms with van der Waals surface area (Å²) in [6.45, 7) is 8.92. The van der Waals surface area contributed by atoms with E-state index in [1.807, 2.05) is 12.4 Å². The van der Waals surface area contributed by atoms with Crippen LogP contribution in [0.1, 0.15) is 45.6 Å². The van der Waals surface area contributed by atoms with Crippen molar-refractivity contribution in [2.24, 2.45) is 5.73 Å². The number of nitrogens with zero attached hydrogens (tertiary/aromatic N) is 2. The second-order valence-corrected chi connectivity index (χ2v) is 6.32. The van der Waals surface area contributed by atoms with Gasteiger partial charge in [-0.05, 0) is 36.3 Å². The lowest BCUT2D eigenvalue weighted by molar-refractivity contribution is 0.582. The number of rotatable bonds is 1. The Morgan fingerprint density at radius 1 is 1.28 bits per heavy atom. The van der Waals surface area contributed by atoms with Crippen molar-refractivity contribution in [3.63, 3.8) is 0 Å². The number of aromatic nitrogens is 1. The zero-order chi connectivity index (χ0) is 13.2. The SMILES string of the molecule is CC(C)(C)c1cnccc1N1CCC[C@H](N)CC1. The van der Waals surface area contributed by atoms with Crippen LogP contribution in [0.3, 0.4) is 0 Å². The largest absolute Gasteiger partial charge is 0.371 e. The van der Waals surface area contributed by atoms with Gasteiger partial charge in [-0.2, -0.15) is 0 Å². The molecule has 2 rings (SSSR count). The maximum absolute atomic E-state index is 6.06. The van der Waals surface area contributed by atoms with Crippen molar-refractivity contribution >= 4 is 5.69 Å². The minimum absolute atomic E-state index is 0.137. The zero-order valence-corrected chi connectivity index (χ0v) is 11.8. The standard InChI is InChI=1S/C15H25N3/c1-15(2,3)13-11-17-8-6-14(13)18-9-4-5-12(16)7-10-18/h6,8,11-12H,4-5,7,9-10,16H2,1-3H3/t12-/m0/s1. The molecule has 0 spiro atoms. The molecule has 1 atom stereocenters. The Morgan fingerprint density at radius 3 is 2.78 bits per heavy atom. The van der Waals surface area contributed by atoms with Crippen LogP contribution in [-0.2, 0) is 5.41 Å². The van der Waals surface area contributed by atoms with Crippen LogP contribution in [-0.4, -0.2) is 24.1 Å². The minimum Gasteiger partial charge on any atom is -0.371 e. The Kier molecular flexibility index (Phi) is 3.91. The maximum Gasteiger partial charge on any atom is 0.0435 e. The summed E-state index contributed by atoms with van der Waals surface area (Å²) in [5.74, 6) is 0. The van der Waals surface area contributed by atoms with Gasteiger partial charge in [0.1, 0.15) is 0 Å². The van der Waals surface area contributed by atoms with E-state index in [0.29, 0.717) is 6.04 Å². The molecule has 2 heterocycles. The van der Waals surface area contributed by atoms with Gasteiger partial charge in [0.05, 0.1) is 0 Å². The van der Waals surface area contributed by atoms with Gasteiger partial charge < -0.3 is 10.6 Å². The van der Waals surface area contributed by atoms with Crippen LogP contribution in [0.2, 0.25) is 0 Å². The molecule has 1 aromatic heterocycles. The highest BCUT2D eigenvalue weighted by molar-refractivity contribution is 5.55. The molecule has 18 heavy (non-hydrogen) atoms. The first-order valence-electron chi connectivity index (χ1n) is 6.93. The van der Waals surface area contributed by atoms with Crippen LogP contribution in [0.5, 0.6) is 0 Å². The fraction of sp³-hybridized carbons (Fsp3) is 0.667. The van der Waals surface area contributed by atoms with Gasteiger partial charge in [-0.15, -0.1) is 0 Å². The molecule has 0 amide bonds. The molecule has 3 heteroatoms. The monoisotopic (exact) mass is 247 g/mol. The molecule has 0 unspecified atom stereocenters. The third kappa shape index (κ3) is 3.02. The molecule has 3 nitrogen and oxygen atoms in total. The van der Waals surface area contributed by atoms with Crippen LogP contribution in [0, 0.1) is 0 Å². The highest BCUT2D eigenvalue weighted by Gasteiger charge is 2.22. The summed E-state index contributed by atoms with van der Waals surface area (Å²) in [6, 6.07) is 2.52. The topological polar surface area (TPSA) is 42.2 Å². The summed E-state index contributed by atoms with van der Waals surface area (Å²) < 4.78 is 0. The Morgan fingerprint density at radius 2 is 2.06 bits per heavy atom. The number of nitrogens with two attached hydrogens (primary N) is 1. The van der Waals surface area contributed by atoms with Gasteiger partial charge in [0.15, 0.2) is 0 Å². The summed E-state index contributed by atoms with van der Waals surface area (Å²) >= 11 is 0. The molecule has 1 saturated heterocycles. The second-order valence-electron chi connectivity index (χ2n) is 6.32. The molecular formula is C15H25N3. The molecule has 100 valence electrons. The van der Waals surface area contributed by atoms with Gasteiger partial charge >= 0.3 is 0 Å². The first-order valence-corrected chi connectivity index (χ1v) is 6.93. The number of hydrogen-bond acceptors (Lipinski definition) is 3. The molecule has 0 radical (unpaired) electrons. The third-order valence-electron chi connectivity index (χ3n) is 3.72. The first-order chi connectivity index (χ1) is 8.48. The van der Waals surface area contributed by atoms with Crippen molar-refractivity contribution in [1.29, 1.82) is 0 Å². The fourth-order valence-electron chi connectivity index (χ4n) is 2.60. The van der Waals surface area contributed by atoms with Crippen molar-refractivity contribution in [3.05, 3.63) is 24.0 Å². The lowest BCUT2D eigenvalue weighted by Crippen LogP contribution is -2.29. The van der Waals surface area contributed by atoms with Crippen LogP contribution in [0.15, 0.2) is 18.5 Å². The Labute approximate surface area is 110 Å². The lowest BCUT2D eigenvalue weighted by Gasteiger charge is -2.30. The lowest BCUT2D eigenvalue weighted by atomic mass is 9.86. The molecule has 1 aliphatic rings. The quantitative estimate of drug-likeness (QED) is 0.829. The van der Waals surface area contributed by atoms with Gasteiger partial charge in [0.25, 0.3) is 0 Å². The van der Waals surface area contributed by atoms with Gasteiger partial charge in [-0.3, -0.25) is 4.98 Å². The highest BCUT2D eigenvalue weighted by atomic mass is 15.1. The van der Waals surface area contributed by atoms with E-state index in [4.69, 9.17) is 5.73 Å². The summed E-state index contributed by atoms with van der Waals surface area (Å²) in [7, 11) is 0. The smallest absolute Gasteiger partial charge is 0.0435 e. The van der Waals surface area contributed by atoms with E-state index in [1.165, 1.54) is 17.7 Å². The van der Waals surface area contributed by atoms with Crippen molar-refractivity contribution in [1.82, 2.24) is 4.98 Å². The van der Waals surface area contributed by atoms with Gasteiger partial charge in [-0.25, -0.2) is 0 Å². The number of pyridine rings is 1. The average molecular weight is 247 g/mol. The molecule has 0 saturated carbocycles. The average Bonchev–Trinajstić information content (AvgIpc) is 2.53. The normalized spacial score (nSPS) is 21.8. The van der Waals surface area contributed by atoms with Crippen LogP contribution < -0.4 is 10.6 Å². The Balaban J connectivity index is 2.27. The van der Waals surface area contributed by atoms with E-state index in [1.54, 1.807) is 0 Å². The molecule has 2 N–H and O–H groups in total. The predicted octanol–water partition coefficient (Wildman–Crippen LogP) is 2.70. The number of hydrogen-bond donors (Lipinski definition) is 1. The van der Waals surface area contributed by atoms with E-state index >= 15 is 0 Å². The summed E-state index contributed by atoms with van der Waals surface area (Å²) in [4.78, 5) is 6.77. The van der Waals surface area contributed by atoms with Gasteiger partial charge in [-0.1, -0.05) is 20.8 Å². The minimum atomic E-state index is 0.137. The van der Waals surface area contributed by atoms with Crippen LogP contribution in [0.25, 0.3) is 0 Å². The zero-order valence-electron chi connectivity index (χ0n) is 11.8. The Bertz CT molecular complexity index is 395. The van der Waals surface area contributed by atoms with Gasteiger partial charge in [0, 0.05) is 37.2 Å². The molecule has 0 bridgehead atoms. The first kappa shape index (κ1) is 13.3. The van der Waals surface area contributed by atoms with E-state index < -0.39 is 0 Å². The molecule has 1 fully saturated rings.